The zero-order chi connectivity index (χ0) is 22.7. The third-order valence-electron chi connectivity index (χ3n) is 5.45. The second-order valence-electron chi connectivity index (χ2n) is 8.52. The summed E-state index contributed by atoms with van der Waals surface area (Å²) in [6.07, 6.45) is 0.450. The Morgan fingerprint density at radius 2 is 2.09 bits per heavy atom. The van der Waals surface area contributed by atoms with E-state index in [0.29, 0.717) is 47.8 Å². The summed E-state index contributed by atoms with van der Waals surface area (Å²) >= 11 is 0. The number of halogens is 1. The number of amides is 1. The second-order valence-corrected chi connectivity index (χ2v) is 8.52. The molecule has 0 bridgehead atoms. The van der Waals surface area contributed by atoms with Crippen LogP contribution in [-0.2, 0) is 4.74 Å². The SMILES string of the molecule is CC(C)COC(=O)NCC1CCN(c2nc(-c3ccccc3O)nc3ccc(F)cc23)C1. The van der Waals surface area contributed by atoms with E-state index in [0.717, 1.165) is 13.0 Å². The number of alkyl carbamates (subject to hydrolysis) is 1. The largest absolute Gasteiger partial charge is 0.507 e. The number of aromatic hydroxyl groups is 1. The van der Waals surface area contributed by atoms with Crippen LogP contribution in [0.4, 0.5) is 15.0 Å². The highest BCUT2D eigenvalue weighted by molar-refractivity contribution is 5.91. The van der Waals surface area contributed by atoms with E-state index in [9.17, 15) is 14.3 Å². The van der Waals surface area contributed by atoms with Gasteiger partial charge in [-0.3, -0.25) is 0 Å². The molecular formula is C24H27FN4O3. The van der Waals surface area contributed by atoms with Gasteiger partial charge in [-0.15, -0.1) is 0 Å². The molecule has 2 heterocycles. The van der Waals surface area contributed by atoms with Gasteiger partial charge in [-0.2, -0.15) is 0 Å². The lowest BCUT2D eigenvalue weighted by atomic mass is 10.1. The zero-order valence-electron chi connectivity index (χ0n) is 18.2. The molecule has 0 radical (unpaired) electrons. The molecule has 1 unspecified atom stereocenters. The molecule has 32 heavy (non-hydrogen) atoms. The van der Waals surface area contributed by atoms with Crippen molar-refractivity contribution < 1.29 is 19.0 Å². The first-order valence-corrected chi connectivity index (χ1v) is 10.8. The van der Waals surface area contributed by atoms with E-state index >= 15 is 0 Å². The van der Waals surface area contributed by atoms with Crippen LogP contribution < -0.4 is 10.2 Å². The van der Waals surface area contributed by atoms with Crippen molar-refractivity contribution in [2.24, 2.45) is 11.8 Å². The summed E-state index contributed by atoms with van der Waals surface area (Å²) in [6, 6.07) is 11.3. The van der Waals surface area contributed by atoms with Gasteiger partial charge in [-0.05, 0) is 48.6 Å². The number of anilines is 1. The molecule has 168 valence electrons. The van der Waals surface area contributed by atoms with Crippen molar-refractivity contribution in [1.29, 1.82) is 0 Å². The Bertz CT molecular complexity index is 1120. The Labute approximate surface area is 186 Å². The molecule has 1 aliphatic heterocycles. The lowest BCUT2D eigenvalue weighted by Crippen LogP contribution is -2.32. The minimum atomic E-state index is -0.409. The van der Waals surface area contributed by atoms with Crippen LogP contribution in [0.1, 0.15) is 20.3 Å². The van der Waals surface area contributed by atoms with Crippen LogP contribution >= 0.6 is 0 Å². The van der Waals surface area contributed by atoms with E-state index in [-0.39, 0.29) is 23.4 Å². The Hall–Kier alpha value is -3.42. The molecule has 2 aromatic carbocycles. The number of nitrogens with zero attached hydrogens (tertiary/aromatic N) is 3. The lowest BCUT2D eigenvalue weighted by molar-refractivity contribution is 0.132. The van der Waals surface area contributed by atoms with E-state index in [2.05, 4.69) is 15.2 Å². The highest BCUT2D eigenvalue weighted by atomic mass is 19.1. The van der Waals surface area contributed by atoms with Crippen LogP contribution in [0, 0.1) is 17.7 Å². The van der Waals surface area contributed by atoms with E-state index in [1.165, 1.54) is 12.1 Å². The topological polar surface area (TPSA) is 87.6 Å². The maximum atomic E-state index is 14.0. The van der Waals surface area contributed by atoms with E-state index < -0.39 is 6.09 Å². The van der Waals surface area contributed by atoms with Crippen LogP contribution in [0.5, 0.6) is 5.75 Å². The highest BCUT2D eigenvalue weighted by Gasteiger charge is 2.26. The van der Waals surface area contributed by atoms with E-state index in [1.54, 1.807) is 24.3 Å². The van der Waals surface area contributed by atoms with Crippen molar-refractivity contribution in [3.05, 3.63) is 48.3 Å². The Morgan fingerprint density at radius 1 is 1.28 bits per heavy atom. The summed E-state index contributed by atoms with van der Waals surface area (Å²) in [7, 11) is 0. The van der Waals surface area contributed by atoms with E-state index in [4.69, 9.17) is 9.72 Å². The van der Waals surface area contributed by atoms with Crippen LogP contribution in [0.15, 0.2) is 42.5 Å². The van der Waals surface area contributed by atoms with Gasteiger partial charge in [0.2, 0.25) is 0 Å². The normalized spacial score (nSPS) is 16.0. The summed E-state index contributed by atoms with van der Waals surface area (Å²) in [6.45, 7) is 6.23. The summed E-state index contributed by atoms with van der Waals surface area (Å²) in [4.78, 5) is 23.2. The van der Waals surface area contributed by atoms with Crippen LogP contribution in [0.25, 0.3) is 22.3 Å². The fraction of sp³-hybridized carbons (Fsp3) is 0.375. The first-order chi connectivity index (χ1) is 15.4. The molecule has 1 amide bonds. The number of carbonyl (C=O) groups excluding carboxylic acids is 1. The predicted octanol–water partition coefficient (Wildman–Crippen LogP) is 4.35. The van der Waals surface area contributed by atoms with Crippen LogP contribution in [0.2, 0.25) is 0 Å². The number of phenols is 1. The number of benzene rings is 2. The van der Waals surface area contributed by atoms with Crippen LogP contribution in [0.3, 0.4) is 0 Å². The molecule has 1 fully saturated rings. The molecule has 8 heteroatoms. The van der Waals surface area contributed by atoms with Crippen molar-refractivity contribution in [2.45, 2.75) is 20.3 Å². The third kappa shape index (κ3) is 4.90. The lowest BCUT2D eigenvalue weighted by Gasteiger charge is -2.20. The minimum Gasteiger partial charge on any atom is -0.507 e. The first-order valence-electron chi connectivity index (χ1n) is 10.8. The van der Waals surface area contributed by atoms with Crippen molar-refractivity contribution in [2.75, 3.05) is 31.1 Å². The Balaban J connectivity index is 1.56. The van der Waals surface area contributed by atoms with Crippen molar-refractivity contribution >= 4 is 22.8 Å². The molecule has 0 aliphatic carbocycles. The second kappa shape index (κ2) is 9.38. The monoisotopic (exact) mass is 438 g/mol. The predicted molar refractivity (Wildman–Crippen MR) is 121 cm³/mol. The van der Waals surface area contributed by atoms with Crippen LogP contribution in [-0.4, -0.2) is 47.4 Å². The number of ether oxygens (including phenoxy) is 1. The molecular weight excluding hydrogens is 411 g/mol. The fourth-order valence-corrected chi connectivity index (χ4v) is 3.82. The van der Waals surface area contributed by atoms with Crippen molar-refractivity contribution in [3.8, 4) is 17.1 Å². The number of hydrogen-bond acceptors (Lipinski definition) is 6. The molecule has 1 aromatic heterocycles. The smallest absolute Gasteiger partial charge is 0.407 e. The number of phenolic OH excluding ortho intramolecular Hbond substituents is 1. The number of rotatable bonds is 6. The molecule has 7 nitrogen and oxygen atoms in total. The van der Waals surface area contributed by atoms with Crippen molar-refractivity contribution in [3.63, 3.8) is 0 Å². The molecule has 4 rings (SSSR count). The summed E-state index contributed by atoms with van der Waals surface area (Å²) in [5.41, 5.74) is 1.12. The fourth-order valence-electron chi connectivity index (χ4n) is 3.82. The van der Waals surface area contributed by atoms with Gasteiger partial charge in [0.05, 0.1) is 17.7 Å². The minimum absolute atomic E-state index is 0.0864. The standard InChI is InChI=1S/C24H27FN4O3/c1-15(2)14-32-24(31)26-12-16-9-10-29(13-16)23-19-11-17(25)7-8-20(19)27-22(28-23)18-5-3-4-6-21(18)30/h3-8,11,15-16,30H,9-10,12-14H2,1-2H3,(H,26,31). The molecule has 1 saturated heterocycles. The van der Waals surface area contributed by atoms with Gasteiger partial charge < -0.3 is 20.1 Å². The number of aromatic nitrogens is 2. The number of para-hydroxylation sites is 1. The van der Waals surface area contributed by atoms with Gasteiger partial charge in [-0.25, -0.2) is 19.2 Å². The van der Waals surface area contributed by atoms with Crippen molar-refractivity contribution in [1.82, 2.24) is 15.3 Å². The quantitative estimate of drug-likeness (QED) is 0.595. The number of nitrogens with one attached hydrogen (secondary N) is 1. The van der Waals surface area contributed by atoms with E-state index in [1.807, 2.05) is 19.9 Å². The van der Waals surface area contributed by atoms with Gasteiger partial charge in [-0.1, -0.05) is 26.0 Å². The average molecular weight is 439 g/mol. The van der Waals surface area contributed by atoms with Gasteiger partial charge >= 0.3 is 6.09 Å². The maximum Gasteiger partial charge on any atom is 0.407 e. The molecule has 3 aromatic rings. The molecule has 1 aliphatic rings. The van der Waals surface area contributed by atoms with Gasteiger partial charge in [0.15, 0.2) is 5.82 Å². The number of carbonyl (C=O) groups is 1. The summed E-state index contributed by atoms with van der Waals surface area (Å²) < 4.78 is 19.2. The van der Waals surface area contributed by atoms with Gasteiger partial charge in [0, 0.05) is 25.0 Å². The third-order valence-corrected chi connectivity index (χ3v) is 5.45. The summed E-state index contributed by atoms with van der Waals surface area (Å²) in [5, 5.41) is 13.7. The molecule has 2 N–H and O–H groups in total. The molecule has 0 spiro atoms. The molecule has 0 saturated carbocycles. The zero-order valence-corrected chi connectivity index (χ0v) is 18.2. The van der Waals surface area contributed by atoms with Gasteiger partial charge in [0.1, 0.15) is 17.4 Å². The Kier molecular flexibility index (Phi) is 6.39. The average Bonchev–Trinajstić information content (AvgIpc) is 3.25. The first kappa shape index (κ1) is 21.8. The highest BCUT2D eigenvalue weighted by Crippen LogP contribution is 2.33. The summed E-state index contributed by atoms with van der Waals surface area (Å²) in [5.74, 6) is 1.24. The Morgan fingerprint density at radius 3 is 2.88 bits per heavy atom. The number of fused-ring (bicyclic) bond motifs is 1. The maximum absolute atomic E-state index is 14.0. The van der Waals surface area contributed by atoms with Gasteiger partial charge in [0.25, 0.3) is 0 Å². The molecule has 1 atom stereocenters. The number of hydrogen-bond donors (Lipinski definition) is 2.